The van der Waals surface area contributed by atoms with E-state index in [4.69, 9.17) is 17.3 Å². The van der Waals surface area contributed by atoms with Crippen LogP contribution in [0.5, 0.6) is 0 Å². The van der Waals surface area contributed by atoms with Gasteiger partial charge in [0.2, 0.25) is 0 Å². The zero-order valence-electron chi connectivity index (χ0n) is 4.33. The highest BCUT2D eigenvalue weighted by atomic mass is 32.2. The molecule has 0 saturated heterocycles. The van der Waals surface area contributed by atoms with E-state index in [1.165, 1.54) is 23.1 Å². The van der Waals surface area contributed by atoms with Gasteiger partial charge in [-0.25, -0.2) is 0 Å². The van der Waals surface area contributed by atoms with Crippen molar-refractivity contribution in [1.29, 1.82) is 0 Å². The van der Waals surface area contributed by atoms with Crippen LogP contribution in [0.3, 0.4) is 0 Å². The molecule has 0 saturated carbocycles. The lowest BCUT2D eigenvalue weighted by Crippen LogP contribution is -1.72. The van der Waals surface area contributed by atoms with Crippen LogP contribution in [0.2, 0.25) is 0 Å². The summed E-state index contributed by atoms with van der Waals surface area (Å²) in [5.74, 6) is 0.0517. The van der Waals surface area contributed by atoms with E-state index in [-0.39, 0.29) is 5.94 Å². The minimum Gasteiger partial charge on any atom is -0.385 e. The first kappa shape index (κ1) is 7.20. The molecule has 1 aromatic rings. The molecule has 3 nitrogen and oxygen atoms in total. The molecule has 0 unspecified atom stereocenters. The van der Waals surface area contributed by atoms with Crippen molar-refractivity contribution in [1.82, 2.24) is 10.2 Å². The lowest BCUT2D eigenvalue weighted by molar-refractivity contribution is 0.375. The summed E-state index contributed by atoms with van der Waals surface area (Å²) < 4.78 is 1.42. The third-order valence-corrected chi connectivity index (χ3v) is 2.56. The maximum absolute atomic E-state index is 8.41. The second-order valence-electron chi connectivity index (χ2n) is 1.15. The third-order valence-electron chi connectivity index (χ3n) is 0.607. The number of hydrogen-bond acceptors (Lipinski definition) is 5. The van der Waals surface area contributed by atoms with Gasteiger partial charge in [-0.1, -0.05) is 23.1 Å². The molecule has 50 valence electrons. The largest absolute Gasteiger partial charge is 0.385 e. The van der Waals surface area contributed by atoms with Crippen LogP contribution in [-0.4, -0.2) is 21.2 Å². The molecule has 0 atom stereocenters. The molecule has 0 bridgehead atoms. The lowest BCUT2D eigenvalue weighted by atomic mass is 11.6. The van der Waals surface area contributed by atoms with Crippen molar-refractivity contribution in [2.45, 2.75) is 4.34 Å². The highest BCUT2D eigenvalue weighted by Crippen LogP contribution is 2.18. The second kappa shape index (κ2) is 3.31. The number of aromatic nitrogens is 2. The van der Waals surface area contributed by atoms with Gasteiger partial charge in [0.1, 0.15) is 0 Å². The SMILES string of the molecule is OCSc1n[nH]c(=S)s1. The molecule has 0 radical (unpaired) electrons. The normalized spacial score (nSPS) is 9.89. The summed E-state index contributed by atoms with van der Waals surface area (Å²) in [4.78, 5) is 0. The van der Waals surface area contributed by atoms with E-state index in [2.05, 4.69) is 10.2 Å². The smallest absolute Gasteiger partial charge is 0.177 e. The topological polar surface area (TPSA) is 48.9 Å². The molecule has 0 amide bonds. The summed E-state index contributed by atoms with van der Waals surface area (Å²) in [6, 6.07) is 0. The summed E-state index contributed by atoms with van der Waals surface area (Å²) in [5, 5.41) is 14.8. The van der Waals surface area contributed by atoms with Crippen molar-refractivity contribution in [3.63, 3.8) is 0 Å². The van der Waals surface area contributed by atoms with Crippen molar-refractivity contribution in [3.8, 4) is 0 Å². The molecular weight excluding hydrogens is 176 g/mol. The van der Waals surface area contributed by atoms with Crippen molar-refractivity contribution < 1.29 is 5.11 Å². The van der Waals surface area contributed by atoms with Crippen LogP contribution in [0.15, 0.2) is 4.34 Å². The summed E-state index contributed by atoms with van der Waals surface area (Å²) in [5.41, 5.74) is 0. The monoisotopic (exact) mass is 180 g/mol. The van der Waals surface area contributed by atoms with E-state index in [0.717, 1.165) is 4.34 Å². The van der Waals surface area contributed by atoms with Crippen molar-refractivity contribution in [2.75, 3.05) is 5.94 Å². The maximum atomic E-state index is 8.41. The number of aliphatic hydroxyl groups is 1. The number of thioether (sulfide) groups is 1. The van der Waals surface area contributed by atoms with Crippen LogP contribution in [0.25, 0.3) is 0 Å². The predicted octanol–water partition coefficient (Wildman–Crippen LogP) is 1.24. The van der Waals surface area contributed by atoms with E-state index in [1.54, 1.807) is 0 Å². The minimum absolute atomic E-state index is 0.0517. The Morgan fingerprint density at radius 1 is 1.89 bits per heavy atom. The Balaban J connectivity index is 2.73. The van der Waals surface area contributed by atoms with Gasteiger partial charge in [-0.05, 0) is 12.2 Å². The van der Waals surface area contributed by atoms with Crippen molar-refractivity contribution in [3.05, 3.63) is 3.95 Å². The van der Waals surface area contributed by atoms with Crippen LogP contribution in [0, 0.1) is 3.95 Å². The number of aromatic amines is 1. The van der Waals surface area contributed by atoms with Crippen LogP contribution in [0.4, 0.5) is 0 Å². The molecule has 6 heteroatoms. The molecule has 9 heavy (non-hydrogen) atoms. The van der Waals surface area contributed by atoms with E-state index in [9.17, 15) is 0 Å². The van der Waals surface area contributed by atoms with Crippen LogP contribution < -0.4 is 0 Å². The molecule has 0 aromatic carbocycles. The maximum Gasteiger partial charge on any atom is 0.177 e. The number of rotatable bonds is 2. The first-order valence-corrected chi connectivity index (χ1v) is 4.33. The van der Waals surface area contributed by atoms with Gasteiger partial charge in [-0.2, -0.15) is 5.10 Å². The fourth-order valence-corrected chi connectivity index (χ4v) is 1.98. The standard InChI is InChI=1S/C3H4N2OS3/c6-1-8-3-5-4-2(7)9-3/h6H,1H2,(H,4,7). The molecule has 0 fully saturated rings. The van der Waals surface area contributed by atoms with Gasteiger partial charge in [0, 0.05) is 0 Å². The zero-order valence-corrected chi connectivity index (χ0v) is 6.78. The summed E-state index contributed by atoms with van der Waals surface area (Å²) in [7, 11) is 0. The molecule has 0 spiro atoms. The zero-order chi connectivity index (χ0) is 6.69. The third kappa shape index (κ3) is 2.05. The van der Waals surface area contributed by atoms with Gasteiger partial charge in [0.15, 0.2) is 8.29 Å². The van der Waals surface area contributed by atoms with Gasteiger partial charge >= 0.3 is 0 Å². The Bertz CT molecular complexity index is 229. The van der Waals surface area contributed by atoms with Gasteiger partial charge in [-0.15, -0.1) is 0 Å². The van der Waals surface area contributed by atoms with Gasteiger partial charge in [-0.3, -0.25) is 5.10 Å². The number of aliphatic hydroxyl groups excluding tert-OH is 1. The molecule has 1 aromatic heterocycles. The number of hydrogen-bond donors (Lipinski definition) is 2. The number of nitrogens with zero attached hydrogens (tertiary/aromatic N) is 1. The van der Waals surface area contributed by atoms with Crippen molar-refractivity contribution in [2.24, 2.45) is 0 Å². The second-order valence-corrected chi connectivity index (χ2v) is 4.01. The predicted molar refractivity (Wildman–Crippen MR) is 40.2 cm³/mol. The average Bonchev–Trinajstić information content (AvgIpc) is 2.17. The van der Waals surface area contributed by atoms with Gasteiger partial charge < -0.3 is 5.11 Å². The molecule has 0 aliphatic heterocycles. The first-order chi connectivity index (χ1) is 4.33. The average molecular weight is 180 g/mol. The summed E-state index contributed by atoms with van der Waals surface area (Å²) in [6.45, 7) is 0. The van der Waals surface area contributed by atoms with Crippen molar-refractivity contribution >= 4 is 35.3 Å². The van der Waals surface area contributed by atoms with Gasteiger partial charge in [0.05, 0.1) is 5.94 Å². The van der Waals surface area contributed by atoms with Crippen LogP contribution >= 0.6 is 35.3 Å². The van der Waals surface area contributed by atoms with Gasteiger partial charge in [0.25, 0.3) is 0 Å². The number of H-pyrrole nitrogens is 1. The Morgan fingerprint density at radius 3 is 3.11 bits per heavy atom. The molecule has 1 heterocycles. The van der Waals surface area contributed by atoms with E-state index in [0.29, 0.717) is 3.95 Å². The highest BCUT2D eigenvalue weighted by molar-refractivity contribution is 8.00. The van der Waals surface area contributed by atoms with E-state index in [1.807, 2.05) is 0 Å². The minimum atomic E-state index is 0.0517. The fourth-order valence-electron chi connectivity index (χ4n) is 0.333. The number of nitrogens with one attached hydrogen (secondary N) is 1. The fraction of sp³-hybridized carbons (Fsp3) is 0.333. The van der Waals surface area contributed by atoms with E-state index < -0.39 is 0 Å². The summed E-state index contributed by atoms with van der Waals surface area (Å²) in [6.07, 6.45) is 0. The quantitative estimate of drug-likeness (QED) is 0.408. The lowest BCUT2D eigenvalue weighted by Gasteiger charge is -1.82. The Morgan fingerprint density at radius 2 is 2.67 bits per heavy atom. The van der Waals surface area contributed by atoms with Crippen LogP contribution in [-0.2, 0) is 0 Å². The molecule has 1 rings (SSSR count). The van der Waals surface area contributed by atoms with E-state index >= 15 is 0 Å². The molecule has 0 aliphatic rings. The molecular formula is C3H4N2OS3. The molecule has 0 aliphatic carbocycles. The Labute approximate surface area is 65.1 Å². The summed E-state index contributed by atoms with van der Waals surface area (Å²) >= 11 is 7.38. The first-order valence-electron chi connectivity index (χ1n) is 2.12. The highest BCUT2D eigenvalue weighted by Gasteiger charge is 1.94. The Hall–Kier alpha value is 0.0900. The Kier molecular flexibility index (Phi) is 2.65. The molecule has 2 N–H and O–H groups in total. The van der Waals surface area contributed by atoms with Crippen LogP contribution in [0.1, 0.15) is 0 Å².